The maximum Gasteiger partial charge on any atom is 0.191 e. The van der Waals surface area contributed by atoms with Crippen LogP contribution < -0.4 is 15.4 Å². The highest BCUT2D eigenvalue weighted by Gasteiger charge is 2.17. The number of benzene rings is 1. The van der Waals surface area contributed by atoms with Gasteiger partial charge in [0.25, 0.3) is 0 Å². The van der Waals surface area contributed by atoms with Gasteiger partial charge in [-0.15, -0.1) is 10.2 Å². The molecule has 3 rings (SSSR count). The largest absolute Gasteiger partial charge is 0.489 e. The molecule has 1 aliphatic rings. The highest BCUT2D eigenvalue weighted by atomic mass is 19.1. The summed E-state index contributed by atoms with van der Waals surface area (Å²) in [4.78, 5) is 4.23. The van der Waals surface area contributed by atoms with Crippen LogP contribution in [0, 0.1) is 5.82 Å². The Bertz CT molecular complexity index is 760. The molecule has 1 aromatic carbocycles. The van der Waals surface area contributed by atoms with Crippen LogP contribution in [0.5, 0.6) is 5.75 Å². The number of hydrogen-bond acceptors (Lipinski definition) is 4. The fourth-order valence-corrected chi connectivity index (χ4v) is 2.94. The van der Waals surface area contributed by atoms with E-state index >= 15 is 0 Å². The number of hydrogen-bond donors (Lipinski definition) is 2. The predicted octanol–water partition coefficient (Wildman–Crippen LogP) is 1.89. The van der Waals surface area contributed by atoms with Crippen LogP contribution in [0.1, 0.15) is 31.4 Å². The molecule has 1 aliphatic heterocycles. The van der Waals surface area contributed by atoms with Crippen molar-refractivity contribution in [3.63, 3.8) is 0 Å². The molecule has 0 radical (unpaired) electrons. The van der Waals surface area contributed by atoms with Crippen LogP contribution in [0.3, 0.4) is 0 Å². The number of aromatic nitrogens is 3. The quantitative estimate of drug-likeness (QED) is 0.582. The van der Waals surface area contributed by atoms with Crippen molar-refractivity contribution in [3.05, 3.63) is 41.7 Å². The first kappa shape index (κ1) is 18.2. The Labute approximate surface area is 152 Å². The summed E-state index contributed by atoms with van der Waals surface area (Å²) >= 11 is 0. The summed E-state index contributed by atoms with van der Waals surface area (Å²) in [6.07, 6.45) is 2.82. The summed E-state index contributed by atoms with van der Waals surface area (Å²) in [6, 6.07) is 6.19. The fourth-order valence-electron chi connectivity index (χ4n) is 2.94. The molecule has 1 aromatic heterocycles. The van der Waals surface area contributed by atoms with E-state index in [9.17, 15) is 4.39 Å². The average Bonchev–Trinajstić information content (AvgIpc) is 3.25. The van der Waals surface area contributed by atoms with Gasteiger partial charge in [0.1, 0.15) is 23.5 Å². The molecule has 0 bridgehead atoms. The second-order valence-electron chi connectivity index (χ2n) is 6.20. The number of nitrogens with one attached hydrogen (secondary N) is 2. The molecule has 0 spiro atoms. The molecule has 0 amide bonds. The SMILES string of the molecule is CCC(CNC(=NC)NCc1nnc2n1CCC2)Oc1cccc(F)c1. The highest BCUT2D eigenvalue weighted by Crippen LogP contribution is 2.15. The first-order chi connectivity index (χ1) is 12.7. The van der Waals surface area contributed by atoms with Crippen molar-refractivity contribution < 1.29 is 9.13 Å². The Kier molecular flexibility index (Phi) is 6.04. The normalized spacial score (nSPS) is 14.8. The third kappa shape index (κ3) is 4.50. The highest BCUT2D eigenvalue weighted by molar-refractivity contribution is 5.79. The third-order valence-electron chi connectivity index (χ3n) is 4.38. The minimum atomic E-state index is -0.302. The van der Waals surface area contributed by atoms with Gasteiger partial charge in [-0.3, -0.25) is 4.99 Å². The molecule has 140 valence electrons. The van der Waals surface area contributed by atoms with Crippen molar-refractivity contribution in [2.45, 2.75) is 45.4 Å². The molecule has 0 aliphatic carbocycles. The molecule has 2 N–H and O–H groups in total. The maximum atomic E-state index is 13.3. The van der Waals surface area contributed by atoms with Crippen molar-refractivity contribution in [3.8, 4) is 5.75 Å². The van der Waals surface area contributed by atoms with E-state index in [1.165, 1.54) is 12.1 Å². The Morgan fingerprint density at radius 3 is 3.04 bits per heavy atom. The number of nitrogens with zero attached hydrogens (tertiary/aromatic N) is 4. The number of aliphatic imine (C=N–C) groups is 1. The number of halogens is 1. The fraction of sp³-hybridized carbons (Fsp3) is 0.500. The van der Waals surface area contributed by atoms with E-state index in [4.69, 9.17) is 4.74 Å². The molecular weight excluding hydrogens is 335 g/mol. The summed E-state index contributed by atoms with van der Waals surface area (Å²) in [5.74, 6) is 2.87. The molecule has 0 fully saturated rings. The number of rotatable bonds is 7. The minimum absolute atomic E-state index is 0.0901. The van der Waals surface area contributed by atoms with Gasteiger partial charge in [0.2, 0.25) is 0 Å². The van der Waals surface area contributed by atoms with E-state index in [-0.39, 0.29) is 11.9 Å². The van der Waals surface area contributed by atoms with Gasteiger partial charge in [0, 0.05) is 26.1 Å². The zero-order valence-corrected chi connectivity index (χ0v) is 15.2. The molecule has 0 saturated carbocycles. The van der Waals surface area contributed by atoms with Gasteiger partial charge in [-0.2, -0.15) is 0 Å². The van der Waals surface area contributed by atoms with Gasteiger partial charge in [-0.1, -0.05) is 13.0 Å². The lowest BCUT2D eigenvalue weighted by molar-refractivity contribution is 0.198. The van der Waals surface area contributed by atoms with Crippen molar-refractivity contribution >= 4 is 5.96 Å². The number of ether oxygens (including phenoxy) is 1. The Morgan fingerprint density at radius 2 is 2.27 bits per heavy atom. The molecule has 1 unspecified atom stereocenters. The Hall–Kier alpha value is -2.64. The van der Waals surface area contributed by atoms with Gasteiger partial charge in [0.15, 0.2) is 11.8 Å². The van der Waals surface area contributed by atoms with Crippen LogP contribution in [-0.4, -0.2) is 40.4 Å². The van der Waals surface area contributed by atoms with Crippen LogP contribution in [0.4, 0.5) is 4.39 Å². The maximum absolute atomic E-state index is 13.3. The average molecular weight is 360 g/mol. The van der Waals surface area contributed by atoms with Gasteiger partial charge in [0.05, 0.1) is 13.1 Å². The van der Waals surface area contributed by atoms with Crippen LogP contribution in [0.15, 0.2) is 29.3 Å². The molecular formula is C18H25FN6O. The zero-order valence-electron chi connectivity index (χ0n) is 15.2. The summed E-state index contributed by atoms with van der Waals surface area (Å²) in [5.41, 5.74) is 0. The van der Waals surface area contributed by atoms with Gasteiger partial charge in [-0.25, -0.2) is 4.39 Å². The van der Waals surface area contributed by atoms with Crippen molar-refractivity contribution in [2.24, 2.45) is 4.99 Å². The molecule has 0 saturated heterocycles. The second-order valence-corrected chi connectivity index (χ2v) is 6.20. The Balaban J connectivity index is 1.49. The first-order valence-electron chi connectivity index (χ1n) is 8.97. The first-order valence-corrected chi connectivity index (χ1v) is 8.97. The summed E-state index contributed by atoms with van der Waals surface area (Å²) in [7, 11) is 1.72. The summed E-state index contributed by atoms with van der Waals surface area (Å²) in [5, 5.41) is 14.9. The van der Waals surface area contributed by atoms with Crippen LogP contribution in [-0.2, 0) is 19.5 Å². The standard InChI is InChI=1S/C18H25FN6O/c1-3-14(26-15-7-4-6-13(19)10-15)11-21-18(20-2)22-12-17-24-23-16-8-5-9-25(16)17/h4,6-7,10,14H,3,5,8-9,11-12H2,1-2H3,(H2,20,21,22). The van der Waals surface area contributed by atoms with E-state index in [0.29, 0.717) is 24.8 Å². The summed E-state index contributed by atoms with van der Waals surface area (Å²) in [6.45, 7) is 4.13. The third-order valence-corrected chi connectivity index (χ3v) is 4.38. The number of guanidine groups is 1. The Morgan fingerprint density at radius 1 is 1.38 bits per heavy atom. The van der Waals surface area contributed by atoms with Gasteiger partial charge in [-0.05, 0) is 25.0 Å². The van der Waals surface area contributed by atoms with E-state index in [2.05, 4.69) is 30.4 Å². The number of aryl methyl sites for hydroxylation is 1. The predicted molar refractivity (Wildman–Crippen MR) is 97.7 cm³/mol. The molecule has 26 heavy (non-hydrogen) atoms. The number of fused-ring (bicyclic) bond motifs is 1. The van der Waals surface area contributed by atoms with E-state index < -0.39 is 0 Å². The zero-order chi connectivity index (χ0) is 18.4. The lowest BCUT2D eigenvalue weighted by Gasteiger charge is -2.20. The second kappa shape index (κ2) is 8.64. The van der Waals surface area contributed by atoms with E-state index in [0.717, 1.165) is 37.5 Å². The van der Waals surface area contributed by atoms with Crippen molar-refractivity contribution in [1.82, 2.24) is 25.4 Å². The molecule has 7 nitrogen and oxygen atoms in total. The molecule has 2 heterocycles. The van der Waals surface area contributed by atoms with Crippen molar-refractivity contribution in [1.29, 1.82) is 0 Å². The lowest BCUT2D eigenvalue weighted by Crippen LogP contribution is -2.42. The van der Waals surface area contributed by atoms with E-state index in [1.54, 1.807) is 19.2 Å². The topological polar surface area (TPSA) is 76.4 Å². The lowest BCUT2D eigenvalue weighted by atomic mass is 10.2. The molecule has 8 heteroatoms. The van der Waals surface area contributed by atoms with Crippen LogP contribution in [0.25, 0.3) is 0 Å². The molecule has 1 atom stereocenters. The van der Waals surface area contributed by atoms with Crippen LogP contribution >= 0.6 is 0 Å². The van der Waals surface area contributed by atoms with E-state index in [1.807, 2.05) is 6.92 Å². The monoisotopic (exact) mass is 360 g/mol. The molecule has 2 aromatic rings. The smallest absolute Gasteiger partial charge is 0.191 e. The van der Waals surface area contributed by atoms with Crippen molar-refractivity contribution in [2.75, 3.05) is 13.6 Å². The van der Waals surface area contributed by atoms with Gasteiger partial charge < -0.3 is 19.9 Å². The summed E-state index contributed by atoms with van der Waals surface area (Å²) < 4.78 is 21.3. The van der Waals surface area contributed by atoms with Gasteiger partial charge >= 0.3 is 0 Å². The minimum Gasteiger partial charge on any atom is -0.489 e. The van der Waals surface area contributed by atoms with Crippen LogP contribution in [0.2, 0.25) is 0 Å².